The summed E-state index contributed by atoms with van der Waals surface area (Å²) < 4.78 is 0. The van der Waals surface area contributed by atoms with Crippen molar-refractivity contribution in [3.05, 3.63) is 41.5 Å². The largest absolute Gasteiger partial charge is 0.507 e. The van der Waals surface area contributed by atoms with Crippen LogP contribution in [-0.2, 0) is 0 Å². The van der Waals surface area contributed by atoms with E-state index >= 15 is 0 Å². The molecule has 2 rings (SSSR count). The van der Waals surface area contributed by atoms with E-state index in [1.165, 1.54) is 19.9 Å². The van der Waals surface area contributed by atoms with E-state index in [4.69, 9.17) is 0 Å². The number of phenolic OH excluding ortho intramolecular Hbond substituents is 1. The number of Topliss-reactive ketones (excluding diaryl/α,β-unsaturated/α-hetero) is 2. The third-order valence-corrected chi connectivity index (χ3v) is 2.78. The van der Waals surface area contributed by atoms with Crippen molar-refractivity contribution >= 4 is 22.3 Å². The molecule has 0 aliphatic rings. The highest BCUT2D eigenvalue weighted by atomic mass is 16.3. The first kappa shape index (κ1) is 11.3. The molecule has 0 aliphatic carbocycles. The highest BCUT2D eigenvalue weighted by Crippen LogP contribution is 2.30. The van der Waals surface area contributed by atoms with E-state index in [1.807, 2.05) is 0 Å². The van der Waals surface area contributed by atoms with Gasteiger partial charge in [-0.3, -0.25) is 9.59 Å². The molecule has 17 heavy (non-hydrogen) atoms. The van der Waals surface area contributed by atoms with Gasteiger partial charge in [0, 0.05) is 21.9 Å². The number of aromatic hydroxyl groups is 1. The summed E-state index contributed by atoms with van der Waals surface area (Å²) in [5.41, 5.74) is 0.923. The maximum atomic E-state index is 11.6. The normalized spacial score (nSPS) is 10.5. The van der Waals surface area contributed by atoms with E-state index in [2.05, 4.69) is 0 Å². The molecule has 0 unspecified atom stereocenters. The Kier molecular flexibility index (Phi) is 2.68. The van der Waals surface area contributed by atoms with Crippen LogP contribution in [0.25, 0.3) is 10.8 Å². The van der Waals surface area contributed by atoms with E-state index in [0.29, 0.717) is 21.9 Å². The molecule has 0 saturated carbocycles. The molecule has 1 N–H and O–H groups in total. The van der Waals surface area contributed by atoms with Gasteiger partial charge in [0.1, 0.15) is 5.75 Å². The predicted octanol–water partition coefficient (Wildman–Crippen LogP) is 2.95. The molecule has 0 aliphatic heterocycles. The number of fused-ring (bicyclic) bond motifs is 1. The number of carbonyl (C=O) groups excluding carboxylic acids is 2. The third-order valence-electron chi connectivity index (χ3n) is 2.78. The van der Waals surface area contributed by atoms with Crippen LogP contribution < -0.4 is 0 Å². The maximum Gasteiger partial charge on any atom is 0.160 e. The van der Waals surface area contributed by atoms with E-state index in [1.54, 1.807) is 24.3 Å². The van der Waals surface area contributed by atoms with Crippen LogP contribution in [0.4, 0.5) is 0 Å². The van der Waals surface area contributed by atoms with Crippen LogP contribution in [0.1, 0.15) is 34.6 Å². The summed E-state index contributed by atoms with van der Waals surface area (Å²) >= 11 is 0. The lowest BCUT2D eigenvalue weighted by Gasteiger charge is -2.09. The molecular weight excluding hydrogens is 216 g/mol. The number of carbonyl (C=O) groups is 2. The van der Waals surface area contributed by atoms with Crippen LogP contribution >= 0.6 is 0 Å². The molecule has 3 heteroatoms. The van der Waals surface area contributed by atoms with Crippen molar-refractivity contribution in [2.75, 3.05) is 0 Å². The molecule has 2 aromatic carbocycles. The minimum Gasteiger partial charge on any atom is -0.507 e. The first-order chi connectivity index (χ1) is 8.02. The van der Waals surface area contributed by atoms with Gasteiger partial charge in [0.15, 0.2) is 11.6 Å². The highest BCUT2D eigenvalue weighted by molar-refractivity contribution is 6.16. The zero-order chi connectivity index (χ0) is 12.6. The summed E-state index contributed by atoms with van der Waals surface area (Å²) in [6.45, 7) is 2.89. The Labute approximate surface area is 98.7 Å². The van der Waals surface area contributed by atoms with Gasteiger partial charge in [-0.2, -0.15) is 0 Å². The van der Waals surface area contributed by atoms with Crippen molar-refractivity contribution in [2.45, 2.75) is 13.8 Å². The van der Waals surface area contributed by atoms with Crippen molar-refractivity contribution in [2.24, 2.45) is 0 Å². The average molecular weight is 228 g/mol. The van der Waals surface area contributed by atoms with Crippen molar-refractivity contribution in [3.8, 4) is 5.75 Å². The fourth-order valence-corrected chi connectivity index (χ4v) is 1.98. The third kappa shape index (κ3) is 1.80. The Hall–Kier alpha value is -2.16. The molecule has 0 atom stereocenters. The van der Waals surface area contributed by atoms with Gasteiger partial charge >= 0.3 is 0 Å². The summed E-state index contributed by atoms with van der Waals surface area (Å²) in [5.74, 6) is -0.166. The number of rotatable bonds is 2. The van der Waals surface area contributed by atoms with Gasteiger partial charge in [-0.15, -0.1) is 0 Å². The average Bonchev–Trinajstić information content (AvgIpc) is 2.28. The number of ketones is 2. The highest BCUT2D eigenvalue weighted by Gasteiger charge is 2.14. The zero-order valence-corrected chi connectivity index (χ0v) is 9.65. The van der Waals surface area contributed by atoms with Crippen molar-refractivity contribution in [3.63, 3.8) is 0 Å². The molecule has 0 amide bonds. The summed E-state index contributed by atoms with van der Waals surface area (Å²) in [5, 5.41) is 10.8. The van der Waals surface area contributed by atoms with Crippen LogP contribution in [-0.4, -0.2) is 16.7 Å². The molecule has 3 nitrogen and oxygen atoms in total. The second kappa shape index (κ2) is 4.01. The minimum atomic E-state index is -0.122. The molecular formula is C14H12O3. The molecule has 0 radical (unpaired) electrons. The standard InChI is InChI=1S/C14H12O3/c1-8(15)10-4-3-5-12-13(17)7-6-11(9(2)16)14(10)12/h3-7,17H,1-2H3. The Morgan fingerprint density at radius 3 is 2.12 bits per heavy atom. The second-order valence-corrected chi connectivity index (χ2v) is 3.97. The number of phenols is 1. The lowest BCUT2D eigenvalue weighted by atomic mass is 9.95. The van der Waals surface area contributed by atoms with Gasteiger partial charge in [-0.25, -0.2) is 0 Å². The smallest absolute Gasteiger partial charge is 0.160 e. The Balaban J connectivity index is 2.99. The van der Waals surface area contributed by atoms with Crippen LogP contribution in [0.15, 0.2) is 30.3 Å². The topological polar surface area (TPSA) is 54.4 Å². The van der Waals surface area contributed by atoms with Crippen LogP contribution in [0, 0.1) is 0 Å². The first-order valence-electron chi connectivity index (χ1n) is 5.29. The van der Waals surface area contributed by atoms with E-state index in [9.17, 15) is 14.7 Å². The van der Waals surface area contributed by atoms with Gasteiger partial charge in [-0.05, 0) is 26.0 Å². The number of hydrogen-bond donors (Lipinski definition) is 1. The number of hydrogen-bond acceptors (Lipinski definition) is 3. The minimum absolute atomic E-state index is 0.0769. The van der Waals surface area contributed by atoms with E-state index < -0.39 is 0 Å². The Morgan fingerprint density at radius 1 is 0.941 bits per heavy atom. The summed E-state index contributed by atoms with van der Waals surface area (Å²) in [4.78, 5) is 23.1. The van der Waals surface area contributed by atoms with Gasteiger partial charge in [0.25, 0.3) is 0 Å². The molecule has 0 aromatic heterocycles. The Morgan fingerprint density at radius 2 is 1.53 bits per heavy atom. The molecule has 0 saturated heterocycles. The van der Waals surface area contributed by atoms with E-state index in [-0.39, 0.29) is 17.3 Å². The first-order valence-corrected chi connectivity index (χ1v) is 5.29. The van der Waals surface area contributed by atoms with Crippen molar-refractivity contribution < 1.29 is 14.7 Å². The fraction of sp³-hybridized carbons (Fsp3) is 0.143. The second-order valence-electron chi connectivity index (χ2n) is 3.97. The van der Waals surface area contributed by atoms with Crippen LogP contribution in [0.2, 0.25) is 0 Å². The SMILES string of the molecule is CC(=O)c1cccc2c(O)ccc(C(C)=O)c12. The quantitative estimate of drug-likeness (QED) is 0.804. The summed E-state index contributed by atoms with van der Waals surface area (Å²) in [6, 6.07) is 8.08. The van der Waals surface area contributed by atoms with Crippen molar-refractivity contribution in [1.29, 1.82) is 0 Å². The van der Waals surface area contributed by atoms with Crippen LogP contribution in [0.5, 0.6) is 5.75 Å². The van der Waals surface area contributed by atoms with Gasteiger partial charge in [0.05, 0.1) is 0 Å². The molecule has 0 spiro atoms. The Bertz CT molecular complexity index is 606. The molecule has 0 heterocycles. The van der Waals surface area contributed by atoms with Gasteiger partial charge in [-0.1, -0.05) is 18.2 Å². The lowest BCUT2D eigenvalue weighted by Crippen LogP contribution is -2.00. The van der Waals surface area contributed by atoms with E-state index in [0.717, 1.165) is 0 Å². The maximum absolute atomic E-state index is 11.6. The lowest BCUT2D eigenvalue weighted by molar-refractivity contribution is 0.101. The predicted molar refractivity (Wildman–Crippen MR) is 65.6 cm³/mol. The molecule has 2 aromatic rings. The zero-order valence-electron chi connectivity index (χ0n) is 9.65. The molecule has 0 fully saturated rings. The fourth-order valence-electron chi connectivity index (χ4n) is 1.98. The van der Waals surface area contributed by atoms with Crippen LogP contribution in [0.3, 0.4) is 0 Å². The molecule has 0 bridgehead atoms. The van der Waals surface area contributed by atoms with Gasteiger partial charge in [0.2, 0.25) is 0 Å². The van der Waals surface area contributed by atoms with Gasteiger partial charge < -0.3 is 5.11 Å². The number of benzene rings is 2. The van der Waals surface area contributed by atoms with Crippen molar-refractivity contribution in [1.82, 2.24) is 0 Å². The summed E-state index contributed by atoms with van der Waals surface area (Å²) in [7, 11) is 0. The molecule has 86 valence electrons. The summed E-state index contributed by atoms with van der Waals surface area (Å²) in [6.07, 6.45) is 0. The monoisotopic (exact) mass is 228 g/mol.